The third-order valence-corrected chi connectivity index (χ3v) is 7.25. The van der Waals surface area contributed by atoms with Crippen LogP contribution < -0.4 is 5.32 Å². The lowest BCUT2D eigenvalue weighted by Gasteiger charge is -2.13. The number of aromatic amines is 1. The maximum absolute atomic E-state index is 13.1. The Morgan fingerprint density at radius 1 is 0.919 bits per heavy atom. The van der Waals surface area contributed by atoms with Crippen molar-refractivity contribution in [2.45, 2.75) is 70.4 Å². The van der Waals surface area contributed by atoms with Gasteiger partial charge >= 0.3 is 6.18 Å². The van der Waals surface area contributed by atoms with Gasteiger partial charge in [0.1, 0.15) is 4.88 Å². The molecule has 200 valence electrons. The van der Waals surface area contributed by atoms with Crippen LogP contribution in [0.5, 0.6) is 0 Å². The molecule has 0 aliphatic carbocycles. The van der Waals surface area contributed by atoms with Gasteiger partial charge in [-0.15, -0.1) is 0 Å². The molecule has 0 aliphatic rings. The molecule has 3 aromatic rings. The van der Waals surface area contributed by atoms with Crippen LogP contribution in [0.2, 0.25) is 0 Å². The molecule has 1 heterocycles. The quantitative estimate of drug-likeness (QED) is 0.125. The van der Waals surface area contributed by atoms with E-state index < -0.39 is 18.2 Å². The van der Waals surface area contributed by atoms with E-state index in [9.17, 15) is 26.7 Å². The smallest absolute Gasteiger partial charge is 0.340 e. The first-order valence-electron chi connectivity index (χ1n) is 12.2. The first kappa shape index (κ1) is 29.0. The lowest BCUT2D eigenvalue weighted by molar-refractivity contribution is -0.137. The molecule has 1 aromatic heterocycles. The van der Waals surface area contributed by atoms with Crippen LogP contribution in [0.25, 0.3) is 11.1 Å². The number of carbonyl (C=O) groups excluding carboxylic acids is 1. The van der Waals surface area contributed by atoms with E-state index in [1.54, 1.807) is 24.3 Å². The molecule has 0 aliphatic heterocycles. The summed E-state index contributed by atoms with van der Waals surface area (Å²) in [6.07, 6.45) is 0.128. The molecule has 0 saturated heterocycles. The van der Waals surface area contributed by atoms with Crippen molar-refractivity contribution in [1.82, 2.24) is 4.98 Å². The summed E-state index contributed by atoms with van der Waals surface area (Å²) in [5.74, 6) is -0.328. The highest BCUT2D eigenvalue weighted by molar-refractivity contribution is 7.73. The molecule has 0 fully saturated rings. The monoisotopic (exact) mass is 556 g/mol. The van der Waals surface area contributed by atoms with E-state index in [1.807, 2.05) is 0 Å². The van der Waals surface area contributed by atoms with Gasteiger partial charge in [-0.2, -0.15) is 13.2 Å². The number of alkyl halides is 5. The van der Waals surface area contributed by atoms with Crippen LogP contribution in [0.4, 0.5) is 27.6 Å². The number of aryl methyl sites for hydroxylation is 1. The number of amides is 1. The predicted molar refractivity (Wildman–Crippen MR) is 141 cm³/mol. The van der Waals surface area contributed by atoms with E-state index in [0.717, 1.165) is 56.4 Å². The van der Waals surface area contributed by atoms with E-state index in [2.05, 4.69) is 10.3 Å². The highest BCUT2D eigenvalue weighted by Crippen LogP contribution is 2.33. The van der Waals surface area contributed by atoms with Crippen molar-refractivity contribution in [3.05, 3.63) is 68.6 Å². The number of para-hydroxylation sites is 1. The molecule has 3 rings (SSSR count). The highest BCUT2D eigenvalue weighted by Gasteiger charge is 2.30. The third kappa shape index (κ3) is 9.03. The standard InChI is InChI=1S/C27H29F5N2OS2/c28-23(29)13-7-5-3-1-2-4-6-12-22-24(37-26(36)34-22)25(35)33-21-11-9-8-10-20(21)18-14-16-19(17-15-18)27(30,31)32/h8-11,14-17,23H,1-7,12-13H2,(H,33,35)(H,34,36). The van der Waals surface area contributed by atoms with Gasteiger partial charge in [-0.25, -0.2) is 8.78 Å². The second-order valence-electron chi connectivity index (χ2n) is 8.80. The van der Waals surface area contributed by atoms with Gasteiger partial charge < -0.3 is 10.3 Å². The minimum Gasteiger partial charge on any atom is -0.340 e. The Morgan fingerprint density at radius 2 is 1.54 bits per heavy atom. The third-order valence-electron chi connectivity index (χ3n) is 5.98. The fourth-order valence-corrected chi connectivity index (χ4v) is 5.22. The van der Waals surface area contributed by atoms with Gasteiger partial charge in [0.15, 0.2) is 3.95 Å². The SMILES string of the molecule is O=C(Nc1ccccc1-c1ccc(C(F)(F)F)cc1)c1sc(=S)[nH]c1CCCCCCCCCC(F)F. The Morgan fingerprint density at radius 3 is 2.19 bits per heavy atom. The number of H-pyrrole nitrogens is 1. The zero-order chi connectivity index (χ0) is 26.8. The number of thiazole rings is 1. The van der Waals surface area contributed by atoms with E-state index in [0.29, 0.717) is 38.5 Å². The van der Waals surface area contributed by atoms with Gasteiger partial charge in [-0.3, -0.25) is 4.79 Å². The number of carbonyl (C=O) groups is 1. The summed E-state index contributed by atoms with van der Waals surface area (Å²) in [6.45, 7) is 0. The number of benzene rings is 2. The fourth-order valence-electron chi connectivity index (χ4n) is 4.07. The molecular formula is C27H29F5N2OS2. The Bertz CT molecular complexity index is 1200. The number of aromatic nitrogens is 1. The Balaban J connectivity index is 1.58. The summed E-state index contributed by atoms with van der Waals surface area (Å²) in [6, 6.07) is 11.8. The van der Waals surface area contributed by atoms with Gasteiger partial charge in [0.05, 0.1) is 5.56 Å². The molecule has 1 amide bonds. The molecule has 0 radical (unpaired) electrons. The van der Waals surface area contributed by atoms with Crippen LogP contribution in [-0.4, -0.2) is 17.3 Å². The molecule has 0 saturated carbocycles. The second kappa shape index (κ2) is 13.8. The van der Waals surface area contributed by atoms with E-state index >= 15 is 0 Å². The summed E-state index contributed by atoms with van der Waals surface area (Å²) in [5.41, 5.74) is 1.68. The topological polar surface area (TPSA) is 44.9 Å². The van der Waals surface area contributed by atoms with Crippen molar-refractivity contribution >= 4 is 35.1 Å². The lowest BCUT2D eigenvalue weighted by Crippen LogP contribution is -2.13. The number of hydrogen-bond acceptors (Lipinski definition) is 3. The molecular weight excluding hydrogens is 527 g/mol. The van der Waals surface area contributed by atoms with Gasteiger partial charge in [0, 0.05) is 23.4 Å². The Hall–Kier alpha value is -2.59. The Labute approximate surface area is 222 Å². The van der Waals surface area contributed by atoms with Crippen LogP contribution >= 0.6 is 23.6 Å². The van der Waals surface area contributed by atoms with Crippen molar-refractivity contribution in [2.24, 2.45) is 0 Å². The van der Waals surface area contributed by atoms with Gasteiger partial charge in [0.25, 0.3) is 5.91 Å². The first-order valence-corrected chi connectivity index (χ1v) is 13.5. The molecule has 37 heavy (non-hydrogen) atoms. The van der Waals surface area contributed by atoms with Crippen molar-refractivity contribution in [3.63, 3.8) is 0 Å². The highest BCUT2D eigenvalue weighted by atomic mass is 32.1. The predicted octanol–water partition coefficient (Wildman–Crippen LogP) is 9.67. The zero-order valence-corrected chi connectivity index (χ0v) is 21.8. The van der Waals surface area contributed by atoms with E-state index in [4.69, 9.17) is 12.2 Å². The number of anilines is 1. The number of rotatable bonds is 13. The molecule has 10 heteroatoms. The maximum Gasteiger partial charge on any atom is 0.416 e. The van der Waals surface area contributed by atoms with Crippen molar-refractivity contribution in [1.29, 1.82) is 0 Å². The average Bonchev–Trinajstić information content (AvgIpc) is 3.23. The summed E-state index contributed by atoms with van der Waals surface area (Å²) in [7, 11) is 0. The average molecular weight is 557 g/mol. The van der Waals surface area contributed by atoms with Crippen molar-refractivity contribution in [3.8, 4) is 11.1 Å². The van der Waals surface area contributed by atoms with E-state index in [1.165, 1.54) is 23.5 Å². The zero-order valence-electron chi connectivity index (χ0n) is 20.2. The maximum atomic E-state index is 13.1. The normalized spacial score (nSPS) is 11.7. The van der Waals surface area contributed by atoms with Crippen LogP contribution in [0.1, 0.15) is 72.3 Å². The summed E-state index contributed by atoms with van der Waals surface area (Å²) >= 11 is 6.45. The van der Waals surface area contributed by atoms with Crippen molar-refractivity contribution in [2.75, 3.05) is 5.32 Å². The van der Waals surface area contributed by atoms with Crippen LogP contribution in [-0.2, 0) is 12.6 Å². The minimum absolute atomic E-state index is 0.0307. The summed E-state index contributed by atoms with van der Waals surface area (Å²) in [5, 5.41) is 2.89. The van der Waals surface area contributed by atoms with Gasteiger partial charge in [-0.05, 0) is 55.2 Å². The number of nitrogens with one attached hydrogen (secondary N) is 2. The number of halogens is 5. The van der Waals surface area contributed by atoms with E-state index in [-0.39, 0.29) is 12.3 Å². The molecule has 0 unspecified atom stereocenters. The number of hydrogen-bond donors (Lipinski definition) is 2. The molecule has 2 aromatic carbocycles. The van der Waals surface area contributed by atoms with Gasteiger partial charge in [-0.1, -0.05) is 73.8 Å². The van der Waals surface area contributed by atoms with Gasteiger partial charge in [0.2, 0.25) is 6.43 Å². The fraction of sp³-hybridized carbons (Fsp3) is 0.407. The minimum atomic E-state index is -4.42. The summed E-state index contributed by atoms with van der Waals surface area (Å²) in [4.78, 5) is 16.7. The number of unbranched alkanes of at least 4 members (excludes halogenated alkanes) is 6. The van der Waals surface area contributed by atoms with Crippen molar-refractivity contribution < 1.29 is 26.7 Å². The molecule has 2 N–H and O–H groups in total. The van der Waals surface area contributed by atoms with Crippen LogP contribution in [0.3, 0.4) is 0 Å². The van der Waals surface area contributed by atoms with Crippen LogP contribution in [0, 0.1) is 3.95 Å². The molecule has 3 nitrogen and oxygen atoms in total. The lowest BCUT2D eigenvalue weighted by atomic mass is 10.0. The second-order valence-corrected chi connectivity index (χ2v) is 10.5. The first-order chi connectivity index (χ1) is 17.6. The van der Waals surface area contributed by atoms with Crippen LogP contribution in [0.15, 0.2) is 48.5 Å². The largest absolute Gasteiger partial charge is 0.416 e. The Kier molecular flexibility index (Phi) is 10.8. The molecule has 0 atom stereocenters. The molecule has 0 bridgehead atoms. The molecule has 0 spiro atoms. The summed E-state index contributed by atoms with van der Waals surface area (Å²) < 4.78 is 63.6.